The summed E-state index contributed by atoms with van der Waals surface area (Å²) >= 11 is 0. The predicted octanol–water partition coefficient (Wildman–Crippen LogP) is 24.6. The lowest BCUT2D eigenvalue weighted by atomic mass is 9.33. The van der Waals surface area contributed by atoms with Crippen molar-refractivity contribution in [2.75, 3.05) is 9.80 Å². The quantitative estimate of drug-likeness (QED) is 0.127. The van der Waals surface area contributed by atoms with Crippen LogP contribution in [-0.4, -0.2) is 20.4 Å². The van der Waals surface area contributed by atoms with E-state index in [4.69, 9.17) is 0 Å². The monoisotopic (exact) mass is 1330 g/mol. The molecule has 3 aromatic heterocycles. The summed E-state index contributed by atoms with van der Waals surface area (Å²) in [5.74, 6) is 0. The fraction of sp³-hybridized carbons (Fsp3) is 0.0816. The Bertz CT molecular complexity index is 6570. The molecular formula is C98H70BN5. The summed E-state index contributed by atoms with van der Waals surface area (Å²) in [6.45, 7) is 13.8. The average Bonchev–Trinajstić information content (AvgIpc) is 0.887. The summed E-state index contributed by atoms with van der Waals surface area (Å²) in [7, 11) is 0. The highest BCUT2D eigenvalue weighted by Gasteiger charge is 2.45. The molecule has 0 spiro atoms. The van der Waals surface area contributed by atoms with Gasteiger partial charge in [0, 0.05) is 77.8 Å². The van der Waals surface area contributed by atoms with E-state index in [1.165, 1.54) is 158 Å². The van der Waals surface area contributed by atoms with Crippen LogP contribution >= 0.6 is 0 Å². The molecule has 0 aliphatic carbocycles. The van der Waals surface area contributed by atoms with Gasteiger partial charge in [0.05, 0.1) is 38.8 Å². The number of benzene rings is 17. The van der Waals surface area contributed by atoms with Gasteiger partial charge in [0.15, 0.2) is 0 Å². The number of aromatic nitrogens is 3. The van der Waals surface area contributed by atoms with E-state index in [0.717, 1.165) is 51.2 Å². The smallest absolute Gasteiger partial charge is 0.252 e. The zero-order valence-electron chi connectivity index (χ0n) is 58.8. The third-order valence-corrected chi connectivity index (χ3v) is 23.4. The van der Waals surface area contributed by atoms with Crippen molar-refractivity contribution in [1.82, 2.24) is 13.7 Å². The summed E-state index contributed by atoms with van der Waals surface area (Å²) in [4.78, 5) is 5.32. The second-order valence-corrected chi connectivity index (χ2v) is 31.2. The van der Waals surface area contributed by atoms with Crippen LogP contribution in [0.2, 0.25) is 0 Å². The molecule has 0 fully saturated rings. The van der Waals surface area contributed by atoms with E-state index < -0.39 is 0 Å². The van der Waals surface area contributed by atoms with Gasteiger partial charge in [0.25, 0.3) is 6.71 Å². The summed E-state index contributed by atoms with van der Waals surface area (Å²) in [5, 5.41) is 22.3. The van der Waals surface area contributed by atoms with Crippen LogP contribution in [0.4, 0.5) is 34.1 Å². The first-order chi connectivity index (χ1) is 50.9. The van der Waals surface area contributed by atoms with E-state index in [1.807, 2.05) is 0 Å². The normalized spacial score (nSPS) is 13.2. The molecule has 5 heterocycles. The molecule has 0 bridgehead atoms. The Labute approximate surface area is 603 Å². The fourth-order valence-corrected chi connectivity index (χ4v) is 18.6. The maximum Gasteiger partial charge on any atom is 0.252 e. The molecule has 17 aromatic carbocycles. The molecular weight excluding hydrogens is 1260 g/mol. The summed E-state index contributed by atoms with van der Waals surface area (Å²) in [5.41, 5.74) is 23.2. The molecule has 0 N–H and O–H groups in total. The van der Waals surface area contributed by atoms with Gasteiger partial charge in [-0.15, -0.1) is 0 Å². The largest absolute Gasteiger partial charge is 0.311 e. The van der Waals surface area contributed by atoms with Crippen LogP contribution in [-0.2, 0) is 10.8 Å². The van der Waals surface area contributed by atoms with Crippen molar-refractivity contribution < 1.29 is 0 Å². The van der Waals surface area contributed by atoms with Crippen molar-refractivity contribution in [2.45, 2.75) is 52.4 Å². The first kappa shape index (κ1) is 59.1. The molecule has 0 saturated heterocycles. The van der Waals surface area contributed by atoms with Crippen molar-refractivity contribution >= 4 is 187 Å². The molecule has 22 rings (SSSR count). The lowest BCUT2D eigenvalue weighted by molar-refractivity contribution is 0.590. The Balaban J connectivity index is 0.912. The lowest BCUT2D eigenvalue weighted by Gasteiger charge is -2.45. The second-order valence-electron chi connectivity index (χ2n) is 31.2. The van der Waals surface area contributed by atoms with E-state index >= 15 is 0 Å². The minimum atomic E-state index is -0.219. The van der Waals surface area contributed by atoms with Gasteiger partial charge in [-0.25, -0.2) is 0 Å². The van der Waals surface area contributed by atoms with Crippen molar-refractivity contribution in [3.05, 3.63) is 327 Å². The minimum absolute atomic E-state index is 0.0812. The Morgan fingerprint density at radius 3 is 0.808 bits per heavy atom. The van der Waals surface area contributed by atoms with E-state index in [1.54, 1.807) is 0 Å². The van der Waals surface area contributed by atoms with E-state index in [2.05, 4.69) is 380 Å². The van der Waals surface area contributed by atoms with E-state index in [-0.39, 0.29) is 17.5 Å². The Kier molecular flexibility index (Phi) is 12.2. The van der Waals surface area contributed by atoms with Gasteiger partial charge in [-0.3, -0.25) is 0 Å². The Morgan fingerprint density at radius 2 is 0.471 bits per heavy atom. The number of nitrogens with zero attached hydrogens (tertiary/aromatic N) is 5. The number of hydrogen-bond acceptors (Lipinski definition) is 2. The third kappa shape index (κ3) is 8.33. The summed E-state index contributed by atoms with van der Waals surface area (Å²) in [6.07, 6.45) is 0. The standard InChI is InChI=1S/C98H70BN5/c1-97(2,3)59-39-49-90-82(51-59)83-52-60(98(4,5)6)40-50-91(83)104(90)65-57-94-96-95(58-65)103(62-42-46-75-71-28-10-8-24-67(71)69-26-12-14-30-73(69)81(75)54-62)93-56-64(101-88-37-21-17-33-78(88)79-34-18-22-38-89(79)101)44-48-85(93)99(96)84-47-43-63(100-86-35-19-15-31-76(86)77-32-16-20-36-87(77)100)55-92(84)102(94)61-41-45-74-70-27-9-7-23-66(70)68-25-11-13-29-72(68)80(74)53-61/h7-58H,1-6H3. The van der Waals surface area contributed by atoms with Gasteiger partial charge < -0.3 is 23.5 Å². The molecule has 0 saturated carbocycles. The molecule has 5 nitrogen and oxygen atoms in total. The van der Waals surface area contributed by atoms with Gasteiger partial charge in [-0.2, -0.15) is 0 Å². The summed E-state index contributed by atoms with van der Waals surface area (Å²) in [6, 6.07) is 121. The van der Waals surface area contributed by atoms with Crippen molar-refractivity contribution in [2.24, 2.45) is 0 Å². The lowest BCUT2D eigenvalue weighted by Crippen LogP contribution is -2.61. The number of fused-ring (bicyclic) bond motifs is 25. The van der Waals surface area contributed by atoms with Crippen LogP contribution in [0.1, 0.15) is 52.7 Å². The molecule has 2 aliphatic rings. The van der Waals surface area contributed by atoms with Crippen LogP contribution < -0.4 is 26.2 Å². The number of anilines is 6. The number of hydrogen-bond donors (Lipinski definition) is 0. The van der Waals surface area contributed by atoms with Crippen molar-refractivity contribution in [3.63, 3.8) is 0 Å². The van der Waals surface area contributed by atoms with Gasteiger partial charge in [0.1, 0.15) is 0 Å². The molecule has 0 unspecified atom stereocenters. The zero-order chi connectivity index (χ0) is 69.2. The highest BCUT2D eigenvalue weighted by atomic mass is 15.2. The molecule has 490 valence electrons. The van der Waals surface area contributed by atoms with Crippen LogP contribution in [0.3, 0.4) is 0 Å². The molecule has 2 aliphatic heterocycles. The maximum atomic E-state index is 2.66. The highest BCUT2D eigenvalue weighted by Crippen LogP contribution is 2.51. The molecule has 0 atom stereocenters. The predicted molar refractivity (Wildman–Crippen MR) is 446 cm³/mol. The van der Waals surface area contributed by atoms with Crippen molar-refractivity contribution in [1.29, 1.82) is 0 Å². The average molecular weight is 1330 g/mol. The second kappa shape index (κ2) is 21.5. The Morgan fingerprint density at radius 1 is 0.202 bits per heavy atom. The number of rotatable bonds is 5. The van der Waals surface area contributed by atoms with Crippen LogP contribution in [0.15, 0.2) is 315 Å². The Hall–Kier alpha value is -12.6. The molecule has 0 amide bonds. The first-order valence-corrected chi connectivity index (χ1v) is 36.7. The molecule has 0 radical (unpaired) electrons. The van der Waals surface area contributed by atoms with Crippen LogP contribution in [0.5, 0.6) is 0 Å². The van der Waals surface area contributed by atoms with Gasteiger partial charge in [0.2, 0.25) is 0 Å². The fourth-order valence-electron chi connectivity index (χ4n) is 18.6. The highest BCUT2D eigenvalue weighted by molar-refractivity contribution is 7.00. The zero-order valence-corrected chi connectivity index (χ0v) is 58.8. The molecule has 6 heteroatoms. The van der Waals surface area contributed by atoms with Crippen LogP contribution in [0.25, 0.3) is 147 Å². The molecule has 20 aromatic rings. The minimum Gasteiger partial charge on any atom is -0.311 e. The van der Waals surface area contributed by atoms with Gasteiger partial charge in [-0.1, -0.05) is 248 Å². The maximum absolute atomic E-state index is 2.66. The number of para-hydroxylation sites is 4. The topological polar surface area (TPSA) is 21.3 Å². The van der Waals surface area contributed by atoms with Gasteiger partial charge >= 0.3 is 0 Å². The van der Waals surface area contributed by atoms with E-state index in [0.29, 0.717) is 0 Å². The van der Waals surface area contributed by atoms with E-state index in [9.17, 15) is 0 Å². The third-order valence-electron chi connectivity index (χ3n) is 23.4. The van der Waals surface area contributed by atoms with Crippen LogP contribution in [0, 0.1) is 0 Å². The SMILES string of the molecule is CC(C)(C)c1ccc2c(c1)c1cc(C(C)(C)C)ccc1n2-c1cc2c3c(c1)N(c1ccc4c5ccccc5c5ccccc5c4c1)c1cc(-n4c5ccccc5c5ccccc54)ccc1B3c1ccc(-n3c4ccccc4c4ccccc43)cc1N2c1ccc2c3ccccc3c3ccccc3c2c1. The molecule has 104 heavy (non-hydrogen) atoms. The van der Waals surface area contributed by atoms with Gasteiger partial charge in [-0.05, 0) is 212 Å². The van der Waals surface area contributed by atoms with Crippen molar-refractivity contribution in [3.8, 4) is 17.1 Å². The first-order valence-electron chi connectivity index (χ1n) is 36.7. The summed E-state index contributed by atoms with van der Waals surface area (Å²) < 4.78 is 7.59.